The van der Waals surface area contributed by atoms with Crippen LogP contribution in [0.25, 0.3) is 104 Å². The molecule has 8 aromatic carbocycles. The SMILES string of the molecule is c1ccc(-c2ccc3ccc4c(ncc5c4c4ccccc4n5-c4ccc(-c5c6ccccc6c(-c6ccccc6)c6ccccc56)cc4)c3n2)cc1. The molecular weight excluding hydrogens is 643 g/mol. The molecule has 0 fully saturated rings. The molecule has 0 aliphatic heterocycles. The Morgan fingerprint density at radius 2 is 0.887 bits per heavy atom. The van der Waals surface area contributed by atoms with Crippen molar-refractivity contribution in [1.29, 1.82) is 0 Å². The molecule has 0 atom stereocenters. The summed E-state index contributed by atoms with van der Waals surface area (Å²) in [4.78, 5) is 10.3. The van der Waals surface area contributed by atoms with Gasteiger partial charge in [0.1, 0.15) is 0 Å². The maximum absolute atomic E-state index is 5.16. The van der Waals surface area contributed by atoms with E-state index in [4.69, 9.17) is 9.97 Å². The Balaban J connectivity index is 1.11. The fraction of sp³-hybridized carbons (Fsp3) is 0. The van der Waals surface area contributed by atoms with Gasteiger partial charge in [-0.1, -0.05) is 158 Å². The number of para-hydroxylation sites is 1. The third-order valence-electron chi connectivity index (χ3n) is 10.8. The molecule has 3 nitrogen and oxygen atoms in total. The summed E-state index contributed by atoms with van der Waals surface area (Å²) in [6.07, 6.45) is 2.03. The minimum absolute atomic E-state index is 0.920. The molecule has 0 aliphatic carbocycles. The first kappa shape index (κ1) is 29.6. The second-order valence-corrected chi connectivity index (χ2v) is 13.7. The van der Waals surface area contributed by atoms with Crippen molar-refractivity contribution in [1.82, 2.24) is 14.5 Å². The van der Waals surface area contributed by atoms with Gasteiger partial charge >= 0.3 is 0 Å². The first-order chi connectivity index (χ1) is 26.3. The number of rotatable bonds is 4. The van der Waals surface area contributed by atoms with Gasteiger partial charge in [-0.2, -0.15) is 0 Å². The van der Waals surface area contributed by atoms with Crippen molar-refractivity contribution in [3.63, 3.8) is 0 Å². The van der Waals surface area contributed by atoms with Gasteiger partial charge in [-0.3, -0.25) is 4.98 Å². The van der Waals surface area contributed by atoms with Crippen LogP contribution >= 0.6 is 0 Å². The number of hydrogen-bond acceptors (Lipinski definition) is 2. The molecule has 0 radical (unpaired) electrons. The normalized spacial score (nSPS) is 11.8. The predicted octanol–water partition coefficient (Wildman–Crippen LogP) is 13.2. The van der Waals surface area contributed by atoms with Gasteiger partial charge in [0.2, 0.25) is 0 Å². The third-order valence-corrected chi connectivity index (χ3v) is 10.8. The zero-order chi connectivity index (χ0) is 34.9. The lowest BCUT2D eigenvalue weighted by Gasteiger charge is -2.18. The van der Waals surface area contributed by atoms with Crippen LogP contribution in [0.2, 0.25) is 0 Å². The smallest absolute Gasteiger partial charge is 0.0972 e. The Bertz CT molecular complexity index is 3140. The summed E-state index contributed by atoms with van der Waals surface area (Å²) in [5.74, 6) is 0. The van der Waals surface area contributed by atoms with Gasteiger partial charge in [0.15, 0.2) is 0 Å². The topological polar surface area (TPSA) is 30.7 Å². The van der Waals surface area contributed by atoms with Gasteiger partial charge in [0, 0.05) is 32.8 Å². The number of fused-ring (bicyclic) bond motifs is 9. The van der Waals surface area contributed by atoms with Crippen LogP contribution < -0.4 is 0 Å². The second-order valence-electron chi connectivity index (χ2n) is 13.7. The monoisotopic (exact) mass is 673 g/mol. The molecule has 0 aliphatic rings. The summed E-state index contributed by atoms with van der Waals surface area (Å²) in [5.41, 5.74) is 12.2. The van der Waals surface area contributed by atoms with Crippen LogP contribution in [0.15, 0.2) is 188 Å². The highest BCUT2D eigenvalue weighted by atomic mass is 15.0. The summed E-state index contributed by atoms with van der Waals surface area (Å²) in [5, 5.41) is 9.60. The molecule has 3 heterocycles. The van der Waals surface area contributed by atoms with Gasteiger partial charge in [-0.05, 0) is 68.1 Å². The zero-order valence-corrected chi connectivity index (χ0v) is 28.7. The first-order valence-corrected chi connectivity index (χ1v) is 18.1. The minimum atomic E-state index is 0.920. The van der Waals surface area contributed by atoms with Crippen LogP contribution in [0.1, 0.15) is 0 Å². The molecule has 246 valence electrons. The summed E-state index contributed by atoms with van der Waals surface area (Å²) < 4.78 is 2.35. The average molecular weight is 674 g/mol. The molecule has 0 spiro atoms. The molecule has 0 saturated heterocycles. The lowest BCUT2D eigenvalue weighted by Crippen LogP contribution is -1.95. The highest BCUT2D eigenvalue weighted by Gasteiger charge is 2.19. The van der Waals surface area contributed by atoms with Crippen LogP contribution in [0, 0.1) is 0 Å². The molecule has 53 heavy (non-hydrogen) atoms. The van der Waals surface area contributed by atoms with E-state index in [-0.39, 0.29) is 0 Å². The fourth-order valence-corrected chi connectivity index (χ4v) is 8.48. The Hall–Kier alpha value is -7.10. The number of benzene rings is 8. The molecule has 0 bridgehead atoms. The van der Waals surface area contributed by atoms with E-state index in [1.807, 2.05) is 12.3 Å². The molecule has 0 amide bonds. The lowest BCUT2D eigenvalue weighted by molar-refractivity contribution is 1.17. The van der Waals surface area contributed by atoms with E-state index >= 15 is 0 Å². The van der Waals surface area contributed by atoms with Crippen molar-refractivity contribution in [3.05, 3.63) is 188 Å². The molecule has 11 aromatic rings. The van der Waals surface area contributed by atoms with Gasteiger partial charge in [-0.15, -0.1) is 0 Å². The van der Waals surface area contributed by atoms with E-state index in [0.29, 0.717) is 0 Å². The van der Waals surface area contributed by atoms with E-state index in [9.17, 15) is 0 Å². The quantitative estimate of drug-likeness (QED) is 0.137. The Kier molecular flexibility index (Phi) is 6.55. The first-order valence-electron chi connectivity index (χ1n) is 18.1. The number of hydrogen-bond donors (Lipinski definition) is 0. The Labute approximate surface area is 306 Å². The van der Waals surface area contributed by atoms with Crippen molar-refractivity contribution in [3.8, 4) is 39.2 Å². The van der Waals surface area contributed by atoms with Crippen LogP contribution in [0.5, 0.6) is 0 Å². The van der Waals surface area contributed by atoms with E-state index in [2.05, 4.69) is 180 Å². The van der Waals surface area contributed by atoms with Crippen LogP contribution in [0.3, 0.4) is 0 Å². The number of pyridine rings is 2. The maximum Gasteiger partial charge on any atom is 0.0972 e. The van der Waals surface area contributed by atoms with Crippen LogP contribution in [-0.2, 0) is 0 Å². The zero-order valence-electron chi connectivity index (χ0n) is 28.7. The van der Waals surface area contributed by atoms with Crippen LogP contribution in [0.4, 0.5) is 0 Å². The third kappa shape index (κ3) is 4.54. The molecule has 11 rings (SSSR count). The summed E-state index contributed by atoms with van der Waals surface area (Å²) in [6, 6.07) is 65.2. The van der Waals surface area contributed by atoms with Crippen molar-refractivity contribution < 1.29 is 0 Å². The largest absolute Gasteiger partial charge is 0.308 e. The van der Waals surface area contributed by atoms with Crippen molar-refractivity contribution >= 4 is 65.2 Å². The van der Waals surface area contributed by atoms with Gasteiger partial charge < -0.3 is 4.57 Å². The van der Waals surface area contributed by atoms with E-state index < -0.39 is 0 Å². The molecule has 3 aromatic heterocycles. The maximum atomic E-state index is 5.16. The summed E-state index contributed by atoms with van der Waals surface area (Å²) in [7, 11) is 0. The predicted molar refractivity (Wildman–Crippen MR) is 223 cm³/mol. The van der Waals surface area contributed by atoms with Gasteiger partial charge in [0.25, 0.3) is 0 Å². The molecule has 0 unspecified atom stereocenters. The van der Waals surface area contributed by atoms with Gasteiger partial charge in [0.05, 0.1) is 34.0 Å². The van der Waals surface area contributed by atoms with E-state index in [1.165, 1.54) is 54.6 Å². The van der Waals surface area contributed by atoms with Gasteiger partial charge in [-0.25, -0.2) is 4.98 Å². The Morgan fingerprint density at radius 3 is 1.53 bits per heavy atom. The van der Waals surface area contributed by atoms with Crippen molar-refractivity contribution in [2.45, 2.75) is 0 Å². The van der Waals surface area contributed by atoms with E-state index in [1.54, 1.807) is 0 Å². The molecule has 3 heteroatoms. The Morgan fingerprint density at radius 1 is 0.358 bits per heavy atom. The second kappa shape index (κ2) is 11.7. The fourth-order valence-electron chi connectivity index (χ4n) is 8.48. The standard InChI is InChI=1S/C50H31N3/c1-3-13-32(14-4-1)43-30-26-35-25-29-42-48-41-21-11-12-22-44(41)53(45(48)31-51-50(42)49(35)52-43)36-27-23-34(24-28-36)47-39-19-9-7-17-37(39)46(33-15-5-2-6-16-33)38-18-8-10-20-40(38)47/h1-31H. The van der Waals surface area contributed by atoms with E-state index in [0.717, 1.165) is 49.8 Å². The molecular formula is C50H31N3. The molecule has 0 saturated carbocycles. The van der Waals surface area contributed by atoms with Crippen molar-refractivity contribution in [2.75, 3.05) is 0 Å². The van der Waals surface area contributed by atoms with Crippen molar-refractivity contribution in [2.24, 2.45) is 0 Å². The summed E-state index contributed by atoms with van der Waals surface area (Å²) >= 11 is 0. The van der Waals surface area contributed by atoms with Crippen LogP contribution in [-0.4, -0.2) is 14.5 Å². The highest BCUT2D eigenvalue weighted by Crippen LogP contribution is 2.44. The average Bonchev–Trinajstić information content (AvgIpc) is 3.58. The number of nitrogens with zero attached hydrogens (tertiary/aromatic N) is 3. The minimum Gasteiger partial charge on any atom is -0.308 e. The molecule has 0 N–H and O–H groups in total. The lowest BCUT2D eigenvalue weighted by atomic mass is 9.86. The summed E-state index contributed by atoms with van der Waals surface area (Å²) in [6.45, 7) is 0. The number of aromatic nitrogens is 3. The highest BCUT2D eigenvalue weighted by molar-refractivity contribution is 6.24.